The molecule has 1 N–H and O–H groups in total. The molecule has 1 saturated heterocycles. The van der Waals surface area contributed by atoms with Crippen molar-refractivity contribution in [2.75, 3.05) is 0 Å². The summed E-state index contributed by atoms with van der Waals surface area (Å²) in [6, 6.07) is -0.361. The van der Waals surface area contributed by atoms with Gasteiger partial charge in [0, 0.05) is 6.04 Å². The first-order valence-electron chi connectivity index (χ1n) is 7.68. The summed E-state index contributed by atoms with van der Waals surface area (Å²) in [4.78, 5) is 26.7. The first-order valence-corrected chi connectivity index (χ1v) is 7.68. The lowest BCUT2D eigenvalue weighted by atomic mass is 9.89. The van der Waals surface area contributed by atoms with E-state index in [1.165, 1.54) is 19.3 Å². The molecule has 3 unspecified atom stereocenters. The van der Waals surface area contributed by atoms with E-state index < -0.39 is 0 Å². The highest BCUT2D eigenvalue weighted by atomic mass is 16.2. The maximum absolute atomic E-state index is 12.7. The van der Waals surface area contributed by atoms with Crippen molar-refractivity contribution >= 4 is 11.8 Å². The van der Waals surface area contributed by atoms with Crippen LogP contribution in [-0.4, -0.2) is 34.8 Å². The van der Waals surface area contributed by atoms with Gasteiger partial charge in [0.25, 0.3) is 0 Å². The van der Waals surface area contributed by atoms with Gasteiger partial charge in [0.1, 0.15) is 12.1 Å². The molecule has 1 aliphatic carbocycles. The van der Waals surface area contributed by atoms with E-state index in [1.54, 1.807) is 0 Å². The fraction of sp³-hybridized carbons (Fsp3) is 0.867. The molecule has 0 aromatic carbocycles. The lowest BCUT2D eigenvalue weighted by Gasteiger charge is -2.44. The zero-order valence-corrected chi connectivity index (χ0v) is 12.3. The van der Waals surface area contributed by atoms with Gasteiger partial charge >= 0.3 is 0 Å². The molecule has 19 heavy (non-hydrogen) atoms. The van der Waals surface area contributed by atoms with Crippen LogP contribution in [0.2, 0.25) is 0 Å². The molecule has 0 radical (unpaired) electrons. The Labute approximate surface area is 115 Å². The summed E-state index contributed by atoms with van der Waals surface area (Å²) in [6.45, 7) is 5.96. The lowest BCUT2D eigenvalue weighted by molar-refractivity contribution is -0.153. The number of carbonyl (C=O) groups is 2. The predicted octanol–water partition coefficient (Wildman–Crippen LogP) is 2.08. The van der Waals surface area contributed by atoms with Crippen molar-refractivity contribution in [3.05, 3.63) is 0 Å². The van der Waals surface area contributed by atoms with Crippen LogP contribution in [0, 0.1) is 5.92 Å². The molecule has 1 saturated carbocycles. The second-order valence-corrected chi connectivity index (χ2v) is 6.09. The minimum absolute atomic E-state index is 0.00970. The van der Waals surface area contributed by atoms with Gasteiger partial charge in [-0.05, 0) is 25.7 Å². The summed E-state index contributed by atoms with van der Waals surface area (Å²) in [5.74, 6) is 0.346. The minimum atomic E-state index is -0.323. The zero-order valence-electron chi connectivity index (χ0n) is 12.3. The van der Waals surface area contributed by atoms with Gasteiger partial charge < -0.3 is 10.2 Å². The van der Waals surface area contributed by atoms with Gasteiger partial charge in [-0.2, -0.15) is 0 Å². The van der Waals surface area contributed by atoms with Gasteiger partial charge in [-0.15, -0.1) is 0 Å². The first-order chi connectivity index (χ1) is 9.06. The molecular formula is C15H26N2O2. The molecular weight excluding hydrogens is 240 g/mol. The van der Waals surface area contributed by atoms with E-state index in [4.69, 9.17) is 0 Å². The highest BCUT2D eigenvalue weighted by Crippen LogP contribution is 2.28. The number of amides is 2. The first kappa shape index (κ1) is 14.4. The highest BCUT2D eigenvalue weighted by molar-refractivity contribution is 5.97. The highest BCUT2D eigenvalue weighted by Gasteiger charge is 2.43. The fourth-order valence-electron chi connectivity index (χ4n) is 3.29. The number of hydrogen-bond acceptors (Lipinski definition) is 2. The van der Waals surface area contributed by atoms with Gasteiger partial charge in [-0.3, -0.25) is 9.59 Å². The third kappa shape index (κ3) is 2.77. The number of rotatable bonds is 3. The largest absolute Gasteiger partial charge is 0.342 e. The summed E-state index contributed by atoms with van der Waals surface area (Å²) in [6.07, 6.45) is 6.62. The molecule has 4 nitrogen and oxygen atoms in total. The van der Waals surface area contributed by atoms with E-state index in [0.29, 0.717) is 0 Å². The van der Waals surface area contributed by atoms with Gasteiger partial charge in [0.2, 0.25) is 11.8 Å². The van der Waals surface area contributed by atoms with Crippen LogP contribution in [-0.2, 0) is 9.59 Å². The topological polar surface area (TPSA) is 49.4 Å². The number of hydrogen-bond donors (Lipinski definition) is 1. The molecule has 0 aromatic heterocycles. The Balaban J connectivity index is 2.18. The average Bonchev–Trinajstić information content (AvgIpc) is 2.43. The van der Waals surface area contributed by atoms with Crippen LogP contribution >= 0.6 is 0 Å². The second kappa shape index (κ2) is 5.93. The number of piperazine rings is 1. The summed E-state index contributed by atoms with van der Waals surface area (Å²) >= 11 is 0. The lowest BCUT2D eigenvalue weighted by Crippen LogP contribution is -2.66. The van der Waals surface area contributed by atoms with E-state index >= 15 is 0 Å². The molecule has 2 amide bonds. The van der Waals surface area contributed by atoms with E-state index in [2.05, 4.69) is 12.2 Å². The Bertz CT molecular complexity index is 350. The fourth-order valence-corrected chi connectivity index (χ4v) is 3.29. The van der Waals surface area contributed by atoms with Gasteiger partial charge in [0.05, 0.1) is 0 Å². The number of nitrogens with one attached hydrogen (secondary N) is 1. The third-order valence-electron chi connectivity index (χ3n) is 4.80. The van der Waals surface area contributed by atoms with Crippen LogP contribution in [0.5, 0.6) is 0 Å². The second-order valence-electron chi connectivity index (χ2n) is 6.09. The third-order valence-corrected chi connectivity index (χ3v) is 4.80. The molecule has 2 rings (SSSR count). The SMILES string of the molecule is CCC(C)C1NC(=O)C(C)N(C2CCCCC2)C1=O. The standard InChI is InChI=1S/C15H26N2O2/c1-4-10(2)13-15(19)17(11(3)14(18)16-13)12-8-6-5-7-9-12/h10-13H,4-9H2,1-3H3,(H,16,18). The zero-order chi connectivity index (χ0) is 14.0. The average molecular weight is 266 g/mol. The minimum Gasteiger partial charge on any atom is -0.342 e. The molecule has 0 aromatic rings. The Morgan fingerprint density at radius 2 is 1.89 bits per heavy atom. The molecule has 0 bridgehead atoms. The van der Waals surface area contributed by atoms with E-state index in [0.717, 1.165) is 19.3 Å². The van der Waals surface area contributed by atoms with Crippen LogP contribution < -0.4 is 5.32 Å². The molecule has 1 heterocycles. The van der Waals surface area contributed by atoms with Crippen molar-refractivity contribution < 1.29 is 9.59 Å². The maximum atomic E-state index is 12.7. The quantitative estimate of drug-likeness (QED) is 0.850. The predicted molar refractivity (Wildman–Crippen MR) is 74.6 cm³/mol. The van der Waals surface area contributed by atoms with Crippen LogP contribution in [0.1, 0.15) is 59.3 Å². The molecule has 3 atom stereocenters. The number of carbonyl (C=O) groups excluding carboxylic acids is 2. The van der Waals surface area contributed by atoms with Gasteiger partial charge in [-0.1, -0.05) is 39.5 Å². The number of nitrogens with zero attached hydrogens (tertiary/aromatic N) is 1. The molecule has 2 aliphatic rings. The maximum Gasteiger partial charge on any atom is 0.246 e. The van der Waals surface area contributed by atoms with Crippen molar-refractivity contribution in [2.45, 2.75) is 77.4 Å². The van der Waals surface area contributed by atoms with Crippen molar-refractivity contribution in [1.29, 1.82) is 0 Å². The molecule has 0 spiro atoms. The monoisotopic (exact) mass is 266 g/mol. The van der Waals surface area contributed by atoms with Crippen LogP contribution in [0.4, 0.5) is 0 Å². The van der Waals surface area contributed by atoms with Crippen LogP contribution in [0.3, 0.4) is 0 Å². The van der Waals surface area contributed by atoms with Crippen molar-refractivity contribution in [2.24, 2.45) is 5.92 Å². The van der Waals surface area contributed by atoms with Crippen LogP contribution in [0.15, 0.2) is 0 Å². The summed E-state index contributed by atoms with van der Waals surface area (Å²) < 4.78 is 0. The summed E-state index contributed by atoms with van der Waals surface area (Å²) in [5, 5.41) is 2.91. The van der Waals surface area contributed by atoms with Crippen LogP contribution in [0.25, 0.3) is 0 Å². The van der Waals surface area contributed by atoms with Crippen molar-refractivity contribution in [1.82, 2.24) is 10.2 Å². The normalized spacial score (nSPS) is 31.2. The Kier molecular flexibility index (Phi) is 4.48. The molecule has 2 fully saturated rings. The smallest absolute Gasteiger partial charge is 0.246 e. The van der Waals surface area contributed by atoms with Crippen molar-refractivity contribution in [3.8, 4) is 0 Å². The van der Waals surface area contributed by atoms with E-state index in [1.807, 2.05) is 18.7 Å². The van der Waals surface area contributed by atoms with Gasteiger partial charge in [0.15, 0.2) is 0 Å². The molecule has 1 aliphatic heterocycles. The van der Waals surface area contributed by atoms with Gasteiger partial charge in [-0.25, -0.2) is 0 Å². The van der Waals surface area contributed by atoms with Crippen molar-refractivity contribution in [3.63, 3.8) is 0 Å². The molecule has 108 valence electrons. The molecule has 4 heteroatoms. The van der Waals surface area contributed by atoms with E-state index in [9.17, 15) is 9.59 Å². The Morgan fingerprint density at radius 1 is 1.26 bits per heavy atom. The Morgan fingerprint density at radius 3 is 2.47 bits per heavy atom. The summed E-state index contributed by atoms with van der Waals surface area (Å²) in [7, 11) is 0. The summed E-state index contributed by atoms with van der Waals surface area (Å²) in [5.41, 5.74) is 0. The Hall–Kier alpha value is -1.06. The van der Waals surface area contributed by atoms with E-state index in [-0.39, 0.29) is 35.9 Å².